The molecule has 0 unspecified atom stereocenters. The molecule has 0 bridgehead atoms. The van der Waals surface area contributed by atoms with Gasteiger partial charge in [0.2, 0.25) is 5.95 Å². The van der Waals surface area contributed by atoms with Crippen LogP contribution in [0, 0.1) is 5.41 Å². The van der Waals surface area contributed by atoms with E-state index in [0.29, 0.717) is 48.1 Å². The van der Waals surface area contributed by atoms with Gasteiger partial charge in [0, 0.05) is 69.0 Å². The molecule has 0 fully saturated rings. The van der Waals surface area contributed by atoms with Gasteiger partial charge in [-0.15, -0.1) is 0 Å². The van der Waals surface area contributed by atoms with Crippen LogP contribution in [0.3, 0.4) is 0 Å². The first-order chi connectivity index (χ1) is 18.9. The number of hydrogen-bond acceptors (Lipinski definition) is 9. The Kier molecular flexibility index (Phi) is 7.26. The van der Waals surface area contributed by atoms with Crippen LogP contribution >= 0.6 is 0 Å². The lowest BCUT2D eigenvalue weighted by Crippen LogP contribution is -2.17. The molecule has 0 spiro atoms. The molecule has 0 aliphatic carbocycles. The highest BCUT2D eigenvalue weighted by Gasteiger charge is 2.24. The summed E-state index contributed by atoms with van der Waals surface area (Å²) in [6.45, 7) is 0.546. The average Bonchev–Trinajstić information content (AvgIpc) is 3.22. The zero-order chi connectivity index (χ0) is 27.4. The van der Waals surface area contributed by atoms with E-state index < -0.39 is 0 Å². The van der Waals surface area contributed by atoms with Crippen molar-refractivity contribution in [2.45, 2.75) is 19.4 Å². The molecule has 1 aliphatic rings. The summed E-state index contributed by atoms with van der Waals surface area (Å²) in [5.74, 6) is 1.39. The second kappa shape index (κ2) is 11.1. The van der Waals surface area contributed by atoms with Crippen LogP contribution in [0.2, 0.25) is 0 Å². The molecule has 0 saturated carbocycles. The van der Waals surface area contributed by atoms with Crippen molar-refractivity contribution in [2.24, 2.45) is 0 Å². The summed E-state index contributed by atoms with van der Waals surface area (Å²) in [6.07, 6.45) is 5.28. The van der Waals surface area contributed by atoms with Gasteiger partial charge in [0.05, 0.1) is 5.56 Å². The van der Waals surface area contributed by atoms with Gasteiger partial charge in [0.15, 0.2) is 0 Å². The summed E-state index contributed by atoms with van der Waals surface area (Å²) >= 11 is 0. The number of amides is 1. The van der Waals surface area contributed by atoms with E-state index in [0.717, 1.165) is 28.1 Å². The molecule has 2 aromatic heterocycles. The maximum absolute atomic E-state index is 12.5. The fraction of sp³-hybridized carbons (Fsp3) is 0.172. The molecule has 196 valence electrons. The minimum Gasteiger partial charge on any atom is -0.372 e. The summed E-state index contributed by atoms with van der Waals surface area (Å²) in [6, 6.07) is 16.8. The monoisotopic (exact) mass is 520 g/mol. The zero-order valence-corrected chi connectivity index (χ0v) is 21.7. The van der Waals surface area contributed by atoms with E-state index >= 15 is 0 Å². The number of anilines is 5. The lowest BCUT2D eigenvalue weighted by atomic mass is 10.0. The van der Waals surface area contributed by atoms with Gasteiger partial charge in [0.1, 0.15) is 17.4 Å². The fourth-order valence-corrected chi connectivity index (χ4v) is 4.48. The van der Waals surface area contributed by atoms with Gasteiger partial charge in [-0.3, -0.25) is 14.6 Å². The molecule has 1 amide bonds. The zero-order valence-electron chi connectivity index (χ0n) is 21.7. The second-order valence-corrected chi connectivity index (χ2v) is 9.29. The van der Waals surface area contributed by atoms with E-state index in [-0.39, 0.29) is 11.7 Å². The Balaban J connectivity index is 1.32. The van der Waals surface area contributed by atoms with E-state index in [1.165, 1.54) is 6.21 Å². The van der Waals surface area contributed by atoms with Crippen molar-refractivity contribution in [1.82, 2.24) is 19.9 Å². The summed E-state index contributed by atoms with van der Waals surface area (Å²) in [7, 11) is 3.51. The smallest absolute Gasteiger partial charge is 0.254 e. The fourth-order valence-electron chi connectivity index (χ4n) is 4.48. The van der Waals surface area contributed by atoms with Crippen molar-refractivity contribution in [3.05, 3.63) is 94.8 Å². The Bertz CT molecular complexity index is 1540. The van der Waals surface area contributed by atoms with Crippen LogP contribution in [0.1, 0.15) is 32.6 Å². The van der Waals surface area contributed by atoms with Crippen LogP contribution in [0.4, 0.5) is 29.0 Å². The topological polar surface area (TPSA) is 136 Å². The number of rotatable bonds is 10. The molecule has 1 aliphatic heterocycles. The molecule has 0 atom stereocenters. The van der Waals surface area contributed by atoms with Crippen LogP contribution in [0.25, 0.3) is 0 Å². The van der Waals surface area contributed by atoms with Crippen molar-refractivity contribution in [2.75, 3.05) is 30.0 Å². The molecular formula is C29H28N8O2. The highest BCUT2D eigenvalue weighted by atomic mass is 16.2. The van der Waals surface area contributed by atoms with Gasteiger partial charge in [-0.25, -0.2) is 0 Å². The standard InChI is InChI=1S/C29H28N8O2/c1-31-26-25(15-30)27(33-22-9-10-24-20(14-22)17-37(2)28(24)39)36-29(35-26)34-21-7-5-18(6-8-21)12-23(38)13-19-4-3-11-32-16-19/h3-11,14-16,30H,12-13,17H2,1-2H3,(H3,31,33,34,35,36). The van der Waals surface area contributed by atoms with Gasteiger partial charge in [-0.1, -0.05) is 18.2 Å². The van der Waals surface area contributed by atoms with Gasteiger partial charge in [-0.05, 0) is 53.1 Å². The van der Waals surface area contributed by atoms with Gasteiger partial charge < -0.3 is 26.3 Å². The van der Waals surface area contributed by atoms with Crippen molar-refractivity contribution < 1.29 is 9.59 Å². The second-order valence-electron chi connectivity index (χ2n) is 9.29. The lowest BCUT2D eigenvalue weighted by Gasteiger charge is -2.15. The van der Waals surface area contributed by atoms with Gasteiger partial charge in [0.25, 0.3) is 5.91 Å². The quantitative estimate of drug-likeness (QED) is 0.227. The Morgan fingerprint density at radius 2 is 1.74 bits per heavy atom. The first-order valence-electron chi connectivity index (χ1n) is 12.5. The largest absolute Gasteiger partial charge is 0.372 e. The molecule has 4 aromatic rings. The SMILES string of the molecule is CNc1nc(Nc2ccc(CC(=O)Cc3cccnc3)cc2)nc(Nc2ccc3c(c2)CN(C)C3=O)c1C=N. The Morgan fingerprint density at radius 3 is 2.46 bits per heavy atom. The minimum atomic E-state index is 0.00611. The van der Waals surface area contributed by atoms with Crippen molar-refractivity contribution in [3.8, 4) is 0 Å². The average molecular weight is 521 g/mol. The number of carbonyl (C=O) groups is 2. The molecule has 3 heterocycles. The molecular weight excluding hydrogens is 492 g/mol. The number of aromatic nitrogens is 3. The maximum atomic E-state index is 12.5. The molecule has 4 N–H and O–H groups in total. The van der Waals surface area contributed by atoms with E-state index in [2.05, 4.69) is 30.9 Å². The molecule has 0 radical (unpaired) electrons. The predicted molar refractivity (Wildman–Crippen MR) is 151 cm³/mol. The Labute approximate surface area is 226 Å². The number of pyridine rings is 1. The molecule has 10 nitrogen and oxygen atoms in total. The minimum absolute atomic E-state index is 0.00611. The van der Waals surface area contributed by atoms with Gasteiger partial charge in [-0.2, -0.15) is 9.97 Å². The molecule has 5 rings (SSSR count). The van der Waals surface area contributed by atoms with Crippen molar-refractivity contribution >= 4 is 46.9 Å². The third-order valence-electron chi connectivity index (χ3n) is 6.41. The van der Waals surface area contributed by atoms with Crippen molar-refractivity contribution in [1.29, 1.82) is 5.41 Å². The Morgan fingerprint density at radius 1 is 1.00 bits per heavy atom. The lowest BCUT2D eigenvalue weighted by molar-refractivity contribution is -0.117. The number of nitrogens with zero attached hydrogens (tertiary/aromatic N) is 4. The first kappa shape index (κ1) is 25.5. The first-order valence-corrected chi connectivity index (χ1v) is 12.5. The molecule has 10 heteroatoms. The number of hydrogen-bond donors (Lipinski definition) is 4. The predicted octanol–water partition coefficient (Wildman–Crippen LogP) is 4.34. The molecule has 0 saturated heterocycles. The van der Waals surface area contributed by atoms with Crippen LogP contribution in [0.5, 0.6) is 0 Å². The number of benzene rings is 2. The van der Waals surface area contributed by atoms with Crippen LogP contribution < -0.4 is 16.0 Å². The number of fused-ring (bicyclic) bond motifs is 1. The number of ketones is 1. The summed E-state index contributed by atoms with van der Waals surface area (Å²) in [5.41, 5.74) is 5.45. The third kappa shape index (κ3) is 5.74. The van der Waals surface area contributed by atoms with E-state index in [9.17, 15) is 9.59 Å². The van der Waals surface area contributed by atoms with Crippen LogP contribution in [-0.4, -0.2) is 51.9 Å². The third-order valence-corrected chi connectivity index (χ3v) is 6.41. The number of nitrogens with one attached hydrogen (secondary N) is 4. The highest BCUT2D eigenvalue weighted by Crippen LogP contribution is 2.29. The summed E-state index contributed by atoms with van der Waals surface area (Å²) in [4.78, 5) is 39.6. The van der Waals surface area contributed by atoms with Crippen molar-refractivity contribution in [3.63, 3.8) is 0 Å². The Hall–Kier alpha value is -5.12. The number of carbonyl (C=O) groups excluding carboxylic acids is 2. The van der Waals surface area contributed by atoms with Crippen LogP contribution in [-0.2, 0) is 24.2 Å². The molecule has 39 heavy (non-hydrogen) atoms. The summed E-state index contributed by atoms with van der Waals surface area (Å²) < 4.78 is 0. The van der Waals surface area contributed by atoms with E-state index in [4.69, 9.17) is 5.41 Å². The van der Waals surface area contributed by atoms with Crippen LogP contribution in [0.15, 0.2) is 67.0 Å². The summed E-state index contributed by atoms with van der Waals surface area (Å²) in [5, 5.41) is 17.4. The number of Topliss-reactive ketones (excluding diaryl/α,β-unsaturated/α-hetero) is 1. The van der Waals surface area contributed by atoms with E-state index in [1.54, 1.807) is 37.5 Å². The maximum Gasteiger partial charge on any atom is 0.254 e. The van der Waals surface area contributed by atoms with E-state index in [1.807, 2.05) is 48.5 Å². The normalized spacial score (nSPS) is 12.2. The highest BCUT2D eigenvalue weighted by molar-refractivity contribution is 5.99. The van der Waals surface area contributed by atoms with Gasteiger partial charge >= 0.3 is 0 Å². The molecule has 2 aromatic carbocycles.